The fraction of sp³-hybridized carbons (Fsp3) is 0.316. The minimum absolute atomic E-state index is 0.112. The molecule has 0 atom stereocenters. The Morgan fingerprint density at radius 2 is 1.67 bits per heavy atom. The summed E-state index contributed by atoms with van der Waals surface area (Å²) in [4.78, 5) is 12.6. The summed E-state index contributed by atoms with van der Waals surface area (Å²) < 4.78 is 36.6. The van der Waals surface area contributed by atoms with Gasteiger partial charge in [-0.05, 0) is 38.1 Å². The minimum Gasteiger partial charge on any atom is -0.496 e. The molecule has 0 unspecified atom stereocenters. The summed E-state index contributed by atoms with van der Waals surface area (Å²) in [6.07, 6.45) is 0. The Morgan fingerprint density at radius 1 is 1.00 bits per heavy atom. The monoisotopic (exact) mass is 389 g/mol. The number of ether oxygens (including phenoxy) is 1. The number of sulfonamides is 1. The number of benzene rings is 2. The summed E-state index contributed by atoms with van der Waals surface area (Å²) in [6.45, 7) is 4.87. The third-order valence-electron chi connectivity index (χ3n) is 4.58. The van der Waals surface area contributed by atoms with Gasteiger partial charge in [0, 0.05) is 25.2 Å². The number of fused-ring (bicyclic) bond motifs is 1. The van der Waals surface area contributed by atoms with Gasteiger partial charge in [-0.15, -0.1) is 0 Å². The topological polar surface area (TPSA) is 82.3 Å². The van der Waals surface area contributed by atoms with Crippen molar-refractivity contribution in [3.63, 3.8) is 0 Å². The molecule has 0 spiro atoms. The second kappa shape index (κ2) is 7.58. The summed E-state index contributed by atoms with van der Waals surface area (Å²) in [7, 11) is -2.20. The van der Waals surface area contributed by atoms with Crippen LogP contribution < -0.4 is 15.1 Å². The summed E-state index contributed by atoms with van der Waals surface area (Å²) >= 11 is 0. The molecule has 0 saturated carbocycles. The SMILES string of the molecule is CCn1c(=O)n(CC)c2cc(S(=O)(=O)NCc3ccccc3OC)ccc21. The Kier molecular flexibility index (Phi) is 5.38. The maximum atomic E-state index is 12.8. The Morgan fingerprint density at radius 3 is 2.33 bits per heavy atom. The van der Waals surface area contributed by atoms with Crippen LogP contribution in [-0.4, -0.2) is 24.7 Å². The Bertz CT molecular complexity index is 1130. The van der Waals surface area contributed by atoms with Crippen LogP contribution in [0.15, 0.2) is 52.2 Å². The molecule has 0 aliphatic heterocycles. The van der Waals surface area contributed by atoms with Crippen molar-refractivity contribution in [3.05, 3.63) is 58.5 Å². The number of nitrogens with zero attached hydrogens (tertiary/aromatic N) is 2. The van der Waals surface area contributed by atoms with E-state index in [0.717, 1.165) is 11.1 Å². The lowest BCUT2D eigenvalue weighted by atomic mass is 10.2. The molecule has 0 fully saturated rings. The van der Waals surface area contributed by atoms with E-state index in [2.05, 4.69) is 4.72 Å². The molecule has 0 aliphatic rings. The minimum atomic E-state index is -3.74. The largest absolute Gasteiger partial charge is 0.496 e. The predicted molar refractivity (Wildman–Crippen MR) is 105 cm³/mol. The van der Waals surface area contributed by atoms with Crippen LogP contribution in [0.5, 0.6) is 5.75 Å². The molecule has 0 radical (unpaired) electrons. The number of para-hydroxylation sites is 1. The highest BCUT2D eigenvalue weighted by Crippen LogP contribution is 2.21. The normalized spacial score (nSPS) is 11.8. The van der Waals surface area contributed by atoms with E-state index in [1.807, 2.05) is 26.0 Å². The van der Waals surface area contributed by atoms with Crippen LogP contribution in [0.2, 0.25) is 0 Å². The van der Waals surface area contributed by atoms with Crippen molar-refractivity contribution in [2.45, 2.75) is 38.4 Å². The summed E-state index contributed by atoms with van der Waals surface area (Å²) in [6, 6.07) is 12.0. The number of hydrogen-bond donors (Lipinski definition) is 1. The summed E-state index contributed by atoms with van der Waals surface area (Å²) in [5, 5.41) is 0. The van der Waals surface area contributed by atoms with Gasteiger partial charge in [-0.1, -0.05) is 18.2 Å². The van der Waals surface area contributed by atoms with Gasteiger partial charge in [0.25, 0.3) is 0 Å². The summed E-state index contributed by atoms with van der Waals surface area (Å²) in [5.74, 6) is 0.621. The van der Waals surface area contributed by atoms with Gasteiger partial charge in [-0.25, -0.2) is 17.9 Å². The standard InChI is InChI=1S/C19H23N3O4S/c1-4-21-16-11-10-15(12-17(16)22(5-2)19(21)23)27(24,25)20-13-14-8-6-7-9-18(14)26-3/h6-12,20H,4-5,13H2,1-3H3. The number of hydrogen-bond acceptors (Lipinski definition) is 4. The van der Waals surface area contributed by atoms with Crippen molar-refractivity contribution in [2.24, 2.45) is 0 Å². The van der Waals surface area contributed by atoms with Gasteiger partial charge in [0.2, 0.25) is 10.0 Å². The number of methoxy groups -OCH3 is 1. The molecule has 0 saturated heterocycles. The van der Waals surface area contributed by atoms with Crippen LogP contribution in [0.25, 0.3) is 11.0 Å². The third-order valence-corrected chi connectivity index (χ3v) is 5.98. The zero-order valence-electron chi connectivity index (χ0n) is 15.6. The fourth-order valence-electron chi connectivity index (χ4n) is 3.18. The molecule has 144 valence electrons. The lowest BCUT2D eigenvalue weighted by Crippen LogP contribution is -2.23. The van der Waals surface area contributed by atoms with Crippen LogP contribution >= 0.6 is 0 Å². The quantitative estimate of drug-likeness (QED) is 0.672. The first-order valence-corrected chi connectivity index (χ1v) is 10.3. The maximum Gasteiger partial charge on any atom is 0.329 e. The first-order valence-electron chi connectivity index (χ1n) is 8.77. The third kappa shape index (κ3) is 3.50. The zero-order valence-corrected chi connectivity index (χ0v) is 16.4. The first-order chi connectivity index (χ1) is 12.9. The van der Waals surface area contributed by atoms with E-state index < -0.39 is 10.0 Å². The molecule has 1 heterocycles. The Balaban J connectivity index is 1.97. The summed E-state index contributed by atoms with van der Waals surface area (Å²) in [5.41, 5.74) is 1.95. The second-order valence-corrected chi connectivity index (χ2v) is 7.82. The van der Waals surface area contributed by atoms with Gasteiger partial charge < -0.3 is 4.74 Å². The highest BCUT2D eigenvalue weighted by Gasteiger charge is 2.18. The fourth-order valence-corrected chi connectivity index (χ4v) is 4.21. The molecule has 0 amide bonds. The molecule has 7 nitrogen and oxygen atoms in total. The average molecular weight is 389 g/mol. The molecule has 0 bridgehead atoms. The smallest absolute Gasteiger partial charge is 0.329 e. The van der Waals surface area contributed by atoms with E-state index in [-0.39, 0.29) is 17.1 Å². The van der Waals surface area contributed by atoms with Crippen molar-refractivity contribution in [1.29, 1.82) is 0 Å². The molecule has 3 rings (SSSR count). The molecule has 0 aliphatic carbocycles. The van der Waals surface area contributed by atoms with Crippen molar-refractivity contribution in [3.8, 4) is 5.75 Å². The van der Waals surface area contributed by atoms with Crippen molar-refractivity contribution in [1.82, 2.24) is 13.9 Å². The highest BCUT2D eigenvalue weighted by atomic mass is 32.2. The Labute approximate surface area is 158 Å². The van der Waals surface area contributed by atoms with Crippen LogP contribution in [0.1, 0.15) is 19.4 Å². The molecule has 3 aromatic rings. The molecule has 1 N–H and O–H groups in total. The zero-order chi connectivity index (χ0) is 19.6. The maximum absolute atomic E-state index is 12.8. The van der Waals surface area contributed by atoms with Crippen molar-refractivity contribution < 1.29 is 13.2 Å². The van der Waals surface area contributed by atoms with Crippen LogP contribution in [0.3, 0.4) is 0 Å². The number of aromatic nitrogens is 2. The van der Waals surface area contributed by atoms with Crippen molar-refractivity contribution >= 4 is 21.1 Å². The van der Waals surface area contributed by atoms with Gasteiger partial charge in [0.1, 0.15) is 5.75 Å². The lowest BCUT2D eigenvalue weighted by molar-refractivity contribution is 0.409. The van der Waals surface area contributed by atoms with Crippen LogP contribution in [-0.2, 0) is 29.7 Å². The van der Waals surface area contributed by atoms with Crippen LogP contribution in [0, 0.1) is 0 Å². The number of aryl methyl sites for hydroxylation is 2. The first kappa shape index (κ1) is 19.2. The van der Waals surface area contributed by atoms with Gasteiger partial charge in [0.15, 0.2) is 0 Å². The molecule has 2 aromatic carbocycles. The van der Waals surface area contributed by atoms with Gasteiger partial charge in [0.05, 0.1) is 23.0 Å². The van der Waals surface area contributed by atoms with Gasteiger partial charge in [-0.3, -0.25) is 9.13 Å². The van der Waals surface area contributed by atoms with Crippen LogP contribution in [0.4, 0.5) is 0 Å². The van der Waals surface area contributed by atoms with E-state index >= 15 is 0 Å². The predicted octanol–water partition coefficient (Wildman–Crippen LogP) is 2.33. The van der Waals surface area contributed by atoms with E-state index in [1.54, 1.807) is 40.5 Å². The number of imidazole rings is 1. The molecular weight excluding hydrogens is 366 g/mol. The van der Waals surface area contributed by atoms with Gasteiger partial charge in [-0.2, -0.15) is 0 Å². The molecule has 1 aromatic heterocycles. The van der Waals surface area contributed by atoms with E-state index in [1.165, 1.54) is 6.07 Å². The van der Waals surface area contributed by atoms with E-state index in [0.29, 0.717) is 24.4 Å². The van der Waals surface area contributed by atoms with E-state index in [9.17, 15) is 13.2 Å². The highest BCUT2D eigenvalue weighted by molar-refractivity contribution is 7.89. The molecule has 8 heteroatoms. The second-order valence-electron chi connectivity index (χ2n) is 6.06. The number of rotatable bonds is 7. The Hall–Kier alpha value is -2.58. The lowest BCUT2D eigenvalue weighted by Gasteiger charge is -2.10. The average Bonchev–Trinajstić information content (AvgIpc) is 2.96. The molecular formula is C19H23N3O4S. The van der Waals surface area contributed by atoms with E-state index in [4.69, 9.17) is 4.74 Å². The van der Waals surface area contributed by atoms with Gasteiger partial charge >= 0.3 is 5.69 Å². The molecule has 27 heavy (non-hydrogen) atoms. The number of nitrogens with one attached hydrogen (secondary N) is 1. The van der Waals surface area contributed by atoms with Crippen molar-refractivity contribution in [2.75, 3.05) is 7.11 Å².